The number of carbonyl (C=O) groups is 1. The van der Waals surface area contributed by atoms with Crippen LogP contribution in [-0.2, 0) is 9.53 Å². The van der Waals surface area contributed by atoms with Crippen molar-refractivity contribution in [2.75, 3.05) is 0 Å². The lowest BCUT2D eigenvalue weighted by atomic mass is 10.2. The first kappa shape index (κ1) is 10.9. The molecule has 0 aliphatic heterocycles. The minimum Gasteiger partial charge on any atom is -0.415 e. The van der Waals surface area contributed by atoms with E-state index >= 15 is 0 Å². The molecule has 1 aromatic heterocycles. The van der Waals surface area contributed by atoms with Gasteiger partial charge in [0.2, 0.25) is 5.76 Å². The van der Waals surface area contributed by atoms with Crippen LogP contribution in [0.5, 0.6) is 0 Å². The molecule has 17 heavy (non-hydrogen) atoms. The minimum absolute atomic E-state index is 0.0631. The molecular formula is C12H9N3O2. The Morgan fingerprint density at radius 3 is 3.00 bits per heavy atom. The molecule has 0 atom stereocenters. The van der Waals surface area contributed by atoms with E-state index in [1.807, 2.05) is 24.3 Å². The summed E-state index contributed by atoms with van der Waals surface area (Å²) in [6, 6.07) is 9.26. The lowest BCUT2D eigenvalue weighted by Crippen LogP contribution is -1.96. The van der Waals surface area contributed by atoms with E-state index < -0.39 is 5.97 Å². The van der Waals surface area contributed by atoms with E-state index in [1.165, 1.54) is 13.0 Å². The lowest BCUT2D eigenvalue weighted by Gasteiger charge is -1.96. The smallest absolute Gasteiger partial charge is 0.308 e. The summed E-state index contributed by atoms with van der Waals surface area (Å²) in [6.07, 6.45) is 1.46. The van der Waals surface area contributed by atoms with Gasteiger partial charge in [0, 0.05) is 18.4 Å². The molecule has 0 bridgehead atoms. The van der Waals surface area contributed by atoms with Crippen molar-refractivity contribution in [2.24, 2.45) is 0 Å². The molecule has 0 fully saturated rings. The van der Waals surface area contributed by atoms with Gasteiger partial charge in [-0.05, 0) is 6.07 Å². The van der Waals surface area contributed by atoms with Gasteiger partial charge in [-0.15, -0.1) is 0 Å². The monoisotopic (exact) mass is 227 g/mol. The molecule has 0 aliphatic carbocycles. The van der Waals surface area contributed by atoms with Crippen molar-refractivity contribution in [3.63, 3.8) is 0 Å². The first-order chi connectivity index (χ1) is 8.20. The van der Waals surface area contributed by atoms with Crippen molar-refractivity contribution in [3.05, 3.63) is 35.7 Å². The SMILES string of the molecule is CC(=O)O/C(C#N)=C/c1[nH]nc2ccccc12. The molecule has 0 amide bonds. The second kappa shape index (κ2) is 4.49. The van der Waals surface area contributed by atoms with Crippen molar-refractivity contribution in [1.82, 2.24) is 10.2 Å². The number of benzene rings is 1. The highest BCUT2D eigenvalue weighted by Crippen LogP contribution is 2.17. The molecule has 0 unspecified atom stereocenters. The van der Waals surface area contributed by atoms with E-state index in [2.05, 4.69) is 10.2 Å². The summed E-state index contributed by atoms with van der Waals surface area (Å²) < 4.78 is 4.74. The lowest BCUT2D eigenvalue weighted by molar-refractivity contribution is -0.136. The maximum absolute atomic E-state index is 10.8. The highest BCUT2D eigenvalue weighted by molar-refractivity contribution is 5.87. The van der Waals surface area contributed by atoms with Crippen molar-refractivity contribution < 1.29 is 9.53 Å². The number of aromatic nitrogens is 2. The van der Waals surface area contributed by atoms with Gasteiger partial charge in [0.1, 0.15) is 6.07 Å². The number of allylic oxidation sites excluding steroid dienone is 1. The number of rotatable bonds is 2. The zero-order valence-electron chi connectivity index (χ0n) is 9.10. The van der Waals surface area contributed by atoms with Crippen molar-refractivity contribution in [2.45, 2.75) is 6.92 Å². The van der Waals surface area contributed by atoms with Gasteiger partial charge in [0.05, 0.1) is 11.2 Å². The third kappa shape index (κ3) is 2.32. The minimum atomic E-state index is -0.526. The molecule has 1 heterocycles. The maximum Gasteiger partial charge on any atom is 0.308 e. The van der Waals surface area contributed by atoms with Gasteiger partial charge in [-0.25, -0.2) is 0 Å². The van der Waals surface area contributed by atoms with E-state index in [1.54, 1.807) is 6.07 Å². The van der Waals surface area contributed by atoms with Crippen molar-refractivity contribution >= 4 is 22.9 Å². The number of aromatic amines is 1. The largest absolute Gasteiger partial charge is 0.415 e. The summed E-state index contributed by atoms with van der Waals surface area (Å²) in [5.41, 5.74) is 1.43. The summed E-state index contributed by atoms with van der Waals surface area (Å²) >= 11 is 0. The zero-order valence-corrected chi connectivity index (χ0v) is 9.10. The fourth-order valence-electron chi connectivity index (χ4n) is 1.46. The van der Waals surface area contributed by atoms with Crippen molar-refractivity contribution in [3.8, 4) is 6.07 Å². The average molecular weight is 227 g/mol. The number of carbonyl (C=O) groups excluding carboxylic acids is 1. The van der Waals surface area contributed by atoms with E-state index in [4.69, 9.17) is 10.00 Å². The summed E-state index contributed by atoms with van der Waals surface area (Å²) in [6.45, 7) is 1.25. The van der Waals surface area contributed by atoms with E-state index in [9.17, 15) is 4.79 Å². The first-order valence-electron chi connectivity index (χ1n) is 4.94. The van der Waals surface area contributed by atoms with Crippen LogP contribution in [0.25, 0.3) is 17.0 Å². The molecule has 0 aliphatic rings. The van der Waals surface area contributed by atoms with Crippen LogP contribution in [0, 0.1) is 11.3 Å². The molecule has 0 saturated heterocycles. The Morgan fingerprint density at radius 1 is 1.53 bits per heavy atom. The number of nitrogens with zero attached hydrogens (tertiary/aromatic N) is 2. The molecule has 1 N–H and O–H groups in total. The molecule has 5 heteroatoms. The number of nitriles is 1. The predicted molar refractivity (Wildman–Crippen MR) is 61.4 cm³/mol. The Kier molecular flexibility index (Phi) is 2.88. The van der Waals surface area contributed by atoms with Gasteiger partial charge in [0.25, 0.3) is 0 Å². The molecule has 5 nitrogen and oxygen atoms in total. The fraction of sp³-hybridized carbons (Fsp3) is 0.0833. The Bertz CT molecular complexity index is 634. The standard InChI is InChI=1S/C12H9N3O2/c1-8(16)17-9(7-13)6-12-10-4-2-3-5-11(10)14-15-12/h2-6H,1H3,(H,14,15)/b9-6+. The number of esters is 1. The van der Waals surface area contributed by atoms with Crippen LogP contribution in [0.4, 0.5) is 0 Å². The Labute approximate surface area is 97.3 Å². The summed E-state index contributed by atoms with van der Waals surface area (Å²) in [4.78, 5) is 10.8. The third-order valence-electron chi connectivity index (χ3n) is 2.13. The molecule has 2 aromatic rings. The number of nitrogens with one attached hydrogen (secondary N) is 1. The number of hydrogen-bond donors (Lipinski definition) is 1. The highest BCUT2D eigenvalue weighted by Gasteiger charge is 2.06. The van der Waals surface area contributed by atoms with Crippen LogP contribution < -0.4 is 0 Å². The van der Waals surface area contributed by atoms with Crippen LogP contribution in [0.15, 0.2) is 30.0 Å². The van der Waals surface area contributed by atoms with Gasteiger partial charge in [-0.2, -0.15) is 10.4 Å². The van der Waals surface area contributed by atoms with Gasteiger partial charge in [-0.1, -0.05) is 18.2 Å². The highest BCUT2D eigenvalue weighted by atomic mass is 16.5. The van der Waals surface area contributed by atoms with Crippen LogP contribution in [0.3, 0.4) is 0 Å². The number of para-hydroxylation sites is 1. The Balaban J connectivity index is 2.43. The quantitative estimate of drug-likeness (QED) is 0.483. The van der Waals surface area contributed by atoms with E-state index in [0.29, 0.717) is 5.69 Å². The molecule has 2 rings (SSSR count). The molecule has 1 aromatic carbocycles. The van der Waals surface area contributed by atoms with Gasteiger partial charge in [0.15, 0.2) is 0 Å². The third-order valence-corrected chi connectivity index (χ3v) is 2.13. The van der Waals surface area contributed by atoms with E-state index in [0.717, 1.165) is 10.9 Å². The molecule has 0 spiro atoms. The number of H-pyrrole nitrogens is 1. The van der Waals surface area contributed by atoms with E-state index in [-0.39, 0.29) is 5.76 Å². The summed E-state index contributed by atoms with van der Waals surface area (Å²) in [5, 5.41) is 16.5. The molecule has 84 valence electrons. The zero-order chi connectivity index (χ0) is 12.3. The number of hydrogen-bond acceptors (Lipinski definition) is 4. The van der Waals surface area contributed by atoms with Gasteiger partial charge in [-0.3, -0.25) is 9.89 Å². The molecular weight excluding hydrogens is 218 g/mol. The predicted octanol–water partition coefficient (Wildman–Crippen LogP) is 1.99. The van der Waals surface area contributed by atoms with Crippen LogP contribution >= 0.6 is 0 Å². The van der Waals surface area contributed by atoms with Crippen LogP contribution in [0.2, 0.25) is 0 Å². The second-order valence-electron chi connectivity index (χ2n) is 3.37. The maximum atomic E-state index is 10.8. The summed E-state index contributed by atoms with van der Waals surface area (Å²) in [7, 11) is 0. The number of fused-ring (bicyclic) bond motifs is 1. The summed E-state index contributed by atoms with van der Waals surface area (Å²) in [5.74, 6) is -0.589. The first-order valence-corrected chi connectivity index (χ1v) is 4.94. The van der Waals surface area contributed by atoms with Gasteiger partial charge < -0.3 is 4.74 Å². The van der Waals surface area contributed by atoms with Crippen LogP contribution in [0.1, 0.15) is 12.6 Å². The average Bonchev–Trinajstić information content (AvgIpc) is 2.71. The fourth-order valence-corrected chi connectivity index (χ4v) is 1.46. The molecule has 0 saturated carbocycles. The van der Waals surface area contributed by atoms with Gasteiger partial charge >= 0.3 is 5.97 Å². The Hall–Kier alpha value is -2.61. The van der Waals surface area contributed by atoms with Crippen LogP contribution in [-0.4, -0.2) is 16.2 Å². The topological polar surface area (TPSA) is 78.8 Å². The Morgan fingerprint density at radius 2 is 2.29 bits per heavy atom. The molecule has 0 radical (unpaired) electrons. The normalized spacial score (nSPS) is 11.2. The van der Waals surface area contributed by atoms with Crippen molar-refractivity contribution in [1.29, 1.82) is 5.26 Å². The second-order valence-corrected chi connectivity index (χ2v) is 3.37. The number of ether oxygens (including phenoxy) is 1.